The van der Waals surface area contributed by atoms with Crippen molar-refractivity contribution >= 4 is 11.5 Å². The van der Waals surface area contributed by atoms with Gasteiger partial charge in [-0.1, -0.05) is 31.4 Å². The van der Waals surface area contributed by atoms with E-state index in [4.69, 9.17) is 5.73 Å². The molecule has 4 N–H and O–H groups in total. The first-order valence-electron chi connectivity index (χ1n) is 10.5. The quantitative estimate of drug-likeness (QED) is 0.687. The highest BCUT2D eigenvalue weighted by atomic mass is 19.4. The highest BCUT2D eigenvalue weighted by Crippen LogP contribution is 2.39. The van der Waals surface area contributed by atoms with E-state index in [-0.39, 0.29) is 12.5 Å². The van der Waals surface area contributed by atoms with Gasteiger partial charge in [-0.25, -0.2) is 4.99 Å². The van der Waals surface area contributed by atoms with Crippen molar-refractivity contribution < 1.29 is 13.2 Å². The Morgan fingerprint density at radius 1 is 1.26 bits per heavy atom. The fraction of sp³-hybridized carbons (Fsp3) is 0.455. The van der Waals surface area contributed by atoms with Gasteiger partial charge in [0.1, 0.15) is 5.66 Å². The molecule has 166 valence electrons. The van der Waals surface area contributed by atoms with Crippen LogP contribution in [0.15, 0.2) is 47.9 Å². The Morgan fingerprint density at radius 3 is 2.71 bits per heavy atom. The number of alkyl halides is 3. The van der Waals surface area contributed by atoms with Gasteiger partial charge in [0, 0.05) is 37.1 Å². The molecule has 0 spiro atoms. The van der Waals surface area contributed by atoms with Crippen LogP contribution in [0, 0.1) is 5.92 Å². The number of aliphatic imine (C=N–C) groups is 1. The smallest absolute Gasteiger partial charge is 0.352 e. The summed E-state index contributed by atoms with van der Waals surface area (Å²) in [6.45, 7) is 0.201. The molecule has 2 aliphatic rings. The van der Waals surface area contributed by atoms with E-state index in [0.29, 0.717) is 11.5 Å². The Bertz CT molecular complexity index is 987. The average molecular weight is 432 g/mol. The molecule has 2 heterocycles. The summed E-state index contributed by atoms with van der Waals surface area (Å²) in [5.41, 5.74) is 7.77. The summed E-state index contributed by atoms with van der Waals surface area (Å²) in [7, 11) is 1.85. The number of aryl methyl sites for hydroxylation is 1. The minimum atomic E-state index is -4.37. The summed E-state index contributed by atoms with van der Waals surface area (Å²) in [4.78, 5) is 4.47. The summed E-state index contributed by atoms with van der Waals surface area (Å²) in [5.74, 6) is 0.673. The molecule has 2 aromatic rings. The Labute approximate surface area is 179 Å². The number of benzene rings is 1. The summed E-state index contributed by atoms with van der Waals surface area (Å²) in [5, 5.41) is 10.7. The Morgan fingerprint density at radius 2 is 2.03 bits per heavy atom. The molecule has 0 saturated heterocycles. The van der Waals surface area contributed by atoms with E-state index < -0.39 is 17.4 Å². The van der Waals surface area contributed by atoms with Crippen molar-refractivity contribution in [1.82, 2.24) is 20.4 Å². The topological polar surface area (TPSA) is 80.3 Å². The van der Waals surface area contributed by atoms with Gasteiger partial charge in [0.2, 0.25) is 0 Å². The highest BCUT2D eigenvalue weighted by Gasteiger charge is 2.42. The summed E-state index contributed by atoms with van der Waals surface area (Å²) in [6.07, 6.45) is 6.51. The fourth-order valence-electron chi connectivity index (χ4n) is 4.42. The van der Waals surface area contributed by atoms with Crippen LogP contribution in [-0.4, -0.2) is 21.4 Å². The maximum Gasteiger partial charge on any atom is 0.416 e. The lowest BCUT2D eigenvalue weighted by Gasteiger charge is -2.44. The summed E-state index contributed by atoms with van der Waals surface area (Å²) < 4.78 is 40.7. The van der Waals surface area contributed by atoms with E-state index in [1.54, 1.807) is 23.1 Å². The molecule has 31 heavy (non-hydrogen) atoms. The van der Waals surface area contributed by atoms with Crippen molar-refractivity contribution in [3.63, 3.8) is 0 Å². The predicted molar refractivity (Wildman–Crippen MR) is 114 cm³/mol. The largest absolute Gasteiger partial charge is 0.416 e. The second-order valence-electron chi connectivity index (χ2n) is 8.30. The van der Waals surface area contributed by atoms with Crippen LogP contribution in [0.5, 0.6) is 0 Å². The van der Waals surface area contributed by atoms with Gasteiger partial charge in [-0.2, -0.15) is 18.3 Å². The van der Waals surface area contributed by atoms with Gasteiger partial charge in [-0.3, -0.25) is 4.68 Å². The molecule has 1 aliphatic carbocycles. The molecule has 0 bridgehead atoms. The Hall–Kier alpha value is -2.81. The zero-order chi connectivity index (χ0) is 22.1. The van der Waals surface area contributed by atoms with E-state index in [9.17, 15) is 13.2 Å². The van der Waals surface area contributed by atoms with Crippen molar-refractivity contribution in [2.24, 2.45) is 23.7 Å². The van der Waals surface area contributed by atoms with Crippen molar-refractivity contribution in [3.8, 4) is 0 Å². The number of hydrogen-bond donors (Lipinski definition) is 3. The summed E-state index contributed by atoms with van der Waals surface area (Å²) in [6, 6.07) is 5.27. The van der Waals surface area contributed by atoms with Crippen LogP contribution in [0.3, 0.4) is 0 Å². The number of nitrogens with two attached hydrogens (primary N) is 1. The zero-order valence-corrected chi connectivity index (χ0v) is 17.4. The highest BCUT2D eigenvalue weighted by molar-refractivity contribution is 5.89. The molecule has 1 aliphatic heterocycles. The van der Waals surface area contributed by atoms with Crippen LogP contribution in [0.4, 0.5) is 13.2 Å². The van der Waals surface area contributed by atoms with Gasteiger partial charge in [0.25, 0.3) is 0 Å². The van der Waals surface area contributed by atoms with Crippen LogP contribution in [0.1, 0.15) is 48.8 Å². The van der Waals surface area contributed by atoms with E-state index in [1.165, 1.54) is 12.5 Å². The molecular weight excluding hydrogens is 405 g/mol. The van der Waals surface area contributed by atoms with Crippen LogP contribution in [0.25, 0.3) is 5.57 Å². The molecule has 0 radical (unpaired) electrons. The molecular formula is C22H27F3N6. The first-order valence-corrected chi connectivity index (χ1v) is 10.5. The van der Waals surface area contributed by atoms with E-state index in [1.807, 2.05) is 13.2 Å². The van der Waals surface area contributed by atoms with Gasteiger partial charge < -0.3 is 16.4 Å². The number of hydrogen-bond acceptors (Lipinski definition) is 5. The van der Waals surface area contributed by atoms with E-state index >= 15 is 0 Å². The molecule has 4 rings (SSSR count). The number of nitrogens with one attached hydrogen (secondary N) is 2. The molecule has 0 amide bonds. The lowest BCUT2D eigenvalue weighted by atomic mass is 9.75. The van der Waals surface area contributed by atoms with Crippen molar-refractivity contribution in [3.05, 3.63) is 59.5 Å². The zero-order valence-electron chi connectivity index (χ0n) is 17.4. The van der Waals surface area contributed by atoms with Gasteiger partial charge in [-0.15, -0.1) is 0 Å². The number of aromatic nitrogens is 2. The van der Waals surface area contributed by atoms with Crippen LogP contribution < -0.4 is 16.4 Å². The molecule has 6 nitrogen and oxygen atoms in total. The van der Waals surface area contributed by atoms with Gasteiger partial charge >= 0.3 is 6.18 Å². The number of rotatable bonds is 4. The van der Waals surface area contributed by atoms with Crippen LogP contribution >= 0.6 is 0 Å². The predicted octanol–water partition coefficient (Wildman–Crippen LogP) is 3.76. The molecule has 1 aromatic carbocycles. The fourth-order valence-corrected chi connectivity index (χ4v) is 4.42. The maximum absolute atomic E-state index is 13.0. The first-order chi connectivity index (χ1) is 14.8. The average Bonchev–Trinajstić information content (AvgIpc) is 3.18. The summed E-state index contributed by atoms with van der Waals surface area (Å²) >= 11 is 0. The second-order valence-corrected chi connectivity index (χ2v) is 8.30. The SMILES string of the molecule is Cn1cc(C2=CN=C(NCc3cccc(C(F)(F)F)c3)NC2(N)C2CCCCC2)cn1. The lowest BCUT2D eigenvalue weighted by Crippen LogP contribution is -2.65. The van der Waals surface area contributed by atoms with Gasteiger partial charge in [-0.05, 0) is 36.5 Å². The molecule has 1 unspecified atom stereocenters. The van der Waals surface area contributed by atoms with Crippen molar-refractivity contribution in [2.75, 3.05) is 0 Å². The monoisotopic (exact) mass is 432 g/mol. The first kappa shape index (κ1) is 21.4. The normalized spacial score (nSPS) is 22.5. The van der Waals surface area contributed by atoms with Crippen LogP contribution in [-0.2, 0) is 19.8 Å². The Kier molecular flexibility index (Phi) is 5.79. The maximum atomic E-state index is 13.0. The molecule has 1 atom stereocenters. The van der Waals surface area contributed by atoms with Crippen molar-refractivity contribution in [2.45, 2.75) is 50.5 Å². The minimum absolute atomic E-state index is 0.201. The third-order valence-corrected chi connectivity index (χ3v) is 6.07. The molecule has 1 aromatic heterocycles. The van der Waals surface area contributed by atoms with Gasteiger partial charge in [0.15, 0.2) is 5.96 Å². The number of nitrogens with zero attached hydrogens (tertiary/aromatic N) is 3. The molecule has 9 heteroatoms. The molecule has 1 fully saturated rings. The van der Waals surface area contributed by atoms with Gasteiger partial charge in [0.05, 0.1) is 11.8 Å². The van der Waals surface area contributed by atoms with Crippen molar-refractivity contribution in [1.29, 1.82) is 0 Å². The Balaban J connectivity index is 1.56. The lowest BCUT2D eigenvalue weighted by molar-refractivity contribution is -0.137. The van der Waals surface area contributed by atoms with E-state index in [2.05, 4.69) is 20.7 Å². The standard InChI is InChI=1S/C22H27F3N6/c1-31-14-16(12-29-31)19-13-28-20(30-21(19,26)17-7-3-2-4-8-17)27-11-15-6-5-9-18(10-15)22(23,24)25/h5-6,9-10,12-14,17H,2-4,7-8,11,26H2,1H3,(H2,27,28,30). The molecule has 1 saturated carbocycles. The van der Waals surface area contributed by atoms with Crippen LogP contribution in [0.2, 0.25) is 0 Å². The third-order valence-electron chi connectivity index (χ3n) is 6.07. The number of halogens is 3. The third kappa shape index (κ3) is 4.61. The van der Waals surface area contributed by atoms with E-state index in [0.717, 1.165) is 49.0 Å². The minimum Gasteiger partial charge on any atom is -0.352 e. The second kappa shape index (κ2) is 8.37. The number of guanidine groups is 1.